The molecule has 1 aromatic carbocycles. The van der Waals surface area contributed by atoms with Gasteiger partial charge in [-0.3, -0.25) is 4.55 Å². The number of aliphatic hydroxyl groups excluding tert-OH is 4. The summed E-state index contributed by atoms with van der Waals surface area (Å²) in [6.07, 6.45) is -8.95. The van der Waals surface area contributed by atoms with Gasteiger partial charge in [0.15, 0.2) is 0 Å². The summed E-state index contributed by atoms with van der Waals surface area (Å²) in [5.74, 6) is -4.37. The first-order chi connectivity index (χ1) is 11.9. The first-order valence-corrected chi connectivity index (χ1v) is 8.23. The third kappa shape index (κ3) is 5.10. The van der Waals surface area contributed by atoms with E-state index in [0.29, 0.717) is 6.07 Å². The SMILES string of the molecule is O=C(O[C@@H](C(=O)O)[C@@H](O)[C@H](O)[C@H](O)CO)c1cc(S(=O)(=O)O)ccc1O. The van der Waals surface area contributed by atoms with Crippen LogP contribution in [0.1, 0.15) is 10.4 Å². The zero-order valence-electron chi connectivity index (χ0n) is 12.8. The first kappa shape index (κ1) is 21.8. The van der Waals surface area contributed by atoms with Crippen molar-refractivity contribution < 1.29 is 57.9 Å². The summed E-state index contributed by atoms with van der Waals surface area (Å²) in [6.45, 7) is -1.03. The van der Waals surface area contributed by atoms with Crippen LogP contribution < -0.4 is 0 Å². The van der Waals surface area contributed by atoms with Crippen LogP contribution in [0.2, 0.25) is 0 Å². The third-order valence-corrected chi connectivity index (χ3v) is 4.05. The van der Waals surface area contributed by atoms with E-state index in [1.165, 1.54) is 0 Å². The molecule has 0 aliphatic heterocycles. The molecule has 0 unspecified atom stereocenters. The first-order valence-electron chi connectivity index (χ1n) is 6.79. The summed E-state index contributed by atoms with van der Waals surface area (Å²) < 4.78 is 35.5. The molecule has 0 fully saturated rings. The fourth-order valence-corrected chi connectivity index (χ4v) is 2.31. The van der Waals surface area contributed by atoms with Gasteiger partial charge in [-0.25, -0.2) is 9.59 Å². The zero-order chi connectivity index (χ0) is 20.2. The summed E-state index contributed by atoms with van der Waals surface area (Å²) in [6, 6.07) is 1.97. The highest BCUT2D eigenvalue weighted by Gasteiger charge is 2.39. The van der Waals surface area contributed by atoms with Crippen LogP contribution in [0.5, 0.6) is 5.75 Å². The highest BCUT2D eigenvalue weighted by Crippen LogP contribution is 2.23. The average molecular weight is 396 g/mol. The molecule has 0 aromatic heterocycles. The van der Waals surface area contributed by atoms with Crippen molar-refractivity contribution in [1.82, 2.24) is 0 Å². The van der Waals surface area contributed by atoms with Crippen molar-refractivity contribution in [2.24, 2.45) is 0 Å². The Morgan fingerprint density at radius 3 is 2.15 bits per heavy atom. The van der Waals surface area contributed by atoms with Crippen LogP contribution in [0, 0.1) is 0 Å². The number of carboxylic acids is 1. The van der Waals surface area contributed by atoms with Crippen molar-refractivity contribution in [3.05, 3.63) is 23.8 Å². The number of phenolic OH excluding ortho intramolecular Hbond substituents is 1. The second kappa shape index (κ2) is 8.39. The van der Waals surface area contributed by atoms with E-state index in [4.69, 9.17) is 14.8 Å². The lowest BCUT2D eigenvalue weighted by Crippen LogP contribution is -2.50. The molecule has 0 bridgehead atoms. The van der Waals surface area contributed by atoms with Gasteiger partial charge in [0.1, 0.15) is 29.6 Å². The van der Waals surface area contributed by atoms with E-state index < -0.39 is 69.3 Å². The van der Waals surface area contributed by atoms with Gasteiger partial charge >= 0.3 is 11.9 Å². The topological polar surface area (TPSA) is 219 Å². The number of phenols is 1. The Hall–Kier alpha value is -2.29. The average Bonchev–Trinajstić information content (AvgIpc) is 2.56. The molecule has 7 N–H and O–H groups in total. The summed E-state index contributed by atoms with van der Waals surface area (Å²) in [5.41, 5.74) is -0.851. The highest BCUT2D eigenvalue weighted by atomic mass is 32.2. The molecule has 146 valence electrons. The maximum Gasteiger partial charge on any atom is 0.347 e. The number of aliphatic carboxylic acids is 1. The quantitative estimate of drug-likeness (QED) is 0.177. The lowest BCUT2D eigenvalue weighted by Gasteiger charge is -2.26. The number of benzene rings is 1. The van der Waals surface area contributed by atoms with Gasteiger partial charge in [0, 0.05) is 0 Å². The molecule has 26 heavy (non-hydrogen) atoms. The second-order valence-corrected chi connectivity index (χ2v) is 6.47. The Kier molecular flexibility index (Phi) is 7.02. The lowest BCUT2D eigenvalue weighted by atomic mass is 10.0. The Balaban J connectivity index is 3.14. The molecule has 0 heterocycles. The highest BCUT2D eigenvalue weighted by molar-refractivity contribution is 7.85. The number of rotatable bonds is 8. The zero-order valence-corrected chi connectivity index (χ0v) is 13.6. The lowest BCUT2D eigenvalue weighted by molar-refractivity contribution is -0.165. The number of aromatic hydroxyl groups is 1. The molecule has 1 rings (SSSR count). The predicted molar refractivity (Wildman–Crippen MR) is 79.9 cm³/mol. The summed E-state index contributed by atoms with van der Waals surface area (Å²) in [4.78, 5) is 22.3. The van der Waals surface area contributed by atoms with Crippen LogP contribution >= 0.6 is 0 Å². The van der Waals surface area contributed by atoms with Crippen molar-refractivity contribution in [1.29, 1.82) is 0 Å². The van der Waals surface area contributed by atoms with Crippen LogP contribution in [-0.2, 0) is 19.6 Å². The van der Waals surface area contributed by atoms with E-state index in [-0.39, 0.29) is 0 Å². The summed E-state index contributed by atoms with van der Waals surface area (Å²) in [7, 11) is -4.75. The van der Waals surface area contributed by atoms with Gasteiger partial charge in [0.25, 0.3) is 10.1 Å². The number of hydrogen-bond donors (Lipinski definition) is 7. The number of esters is 1. The molecule has 0 aliphatic rings. The Bertz CT molecular complexity index is 773. The van der Waals surface area contributed by atoms with E-state index in [1.54, 1.807) is 0 Å². The molecule has 0 spiro atoms. The predicted octanol–water partition coefficient (Wildman–Crippen LogP) is -2.68. The van der Waals surface area contributed by atoms with Crippen LogP contribution in [0.25, 0.3) is 0 Å². The van der Waals surface area contributed by atoms with Crippen LogP contribution in [0.4, 0.5) is 0 Å². The van der Waals surface area contributed by atoms with Crippen molar-refractivity contribution in [2.45, 2.75) is 29.3 Å². The van der Waals surface area contributed by atoms with Crippen LogP contribution in [0.15, 0.2) is 23.1 Å². The largest absolute Gasteiger partial charge is 0.507 e. The molecule has 0 saturated carbocycles. The van der Waals surface area contributed by atoms with Gasteiger partial charge in [0.2, 0.25) is 6.10 Å². The van der Waals surface area contributed by atoms with Crippen LogP contribution in [-0.4, -0.2) is 86.6 Å². The van der Waals surface area contributed by atoms with Crippen molar-refractivity contribution >= 4 is 22.1 Å². The number of ether oxygens (including phenoxy) is 1. The van der Waals surface area contributed by atoms with Crippen molar-refractivity contribution in [3.8, 4) is 5.75 Å². The number of carbonyl (C=O) groups excluding carboxylic acids is 1. The molecule has 13 heteroatoms. The monoisotopic (exact) mass is 396 g/mol. The van der Waals surface area contributed by atoms with Crippen molar-refractivity contribution in [3.63, 3.8) is 0 Å². The maximum atomic E-state index is 12.0. The van der Waals surface area contributed by atoms with E-state index in [0.717, 1.165) is 12.1 Å². The summed E-state index contributed by atoms with van der Waals surface area (Å²) in [5, 5.41) is 55.7. The van der Waals surface area contributed by atoms with E-state index in [1.807, 2.05) is 0 Å². The number of aliphatic hydroxyl groups is 4. The van der Waals surface area contributed by atoms with Gasteiger partial charge in [-0.05, 0) is 18.2 Å². The van der Waals surface area contributed by atoms with Gasteiger partial charge < -0.3 is 35.4 Å². The molecule has 4 atom stereocenters. The smallest absolute Gasteiger partial charge is 0.347 e. The minimum absolute atomic E-state index is 0.497. The number of carboxylic acid groups (broad SMARTS) is 1. The number of hydrogen-bond acceptors (Lipinski definition) is 10. The summed E-state index contributed by atoms with van der Waals surface area (Å²) >= 11 is 0. The Morgan fingerprint density at radius 1 is 1.12 bits per heavy atom. The fraction of sp³-hybridized carbons (Fsp3) is 0.385. The second-order valence-electron chi connectivity index (χ2n) is 5.05. The van der Waals surface area contributed by atoms with E-state index in [9.17, 15) is 38.4 Å². The molecule has 0 saturated heterocycles. The van der Waals surface area contributed by atoms with Gasteiger partial charge in [-0.2, -0.15) is 8.42 Å². The van der Waals surface area contributed by atoms with Gasteiger partial charge in [-0.1, -0.05) is 0 Å². The maximum absolute atomic E-state index is 12.0. The van der Waals surface area contributed by atoms with Gasteiger partial charge in [-0.15, -0.1) is 0 Å². The van der Waals surface area contributed by atoms with Crippen LogP contribution in [0.3, 0.4) is 0 Å². The Morgan fingerprint density at radius 2 is 1.69 bits per heavy atom. The van der Waals surface area contributed by atoms with E-state index >= 15 is 0 Å². The number of carbonyl (C=O) groups is 2. The fourth-order valence-electron chi connectivity index (χ4n) is 1.80. The van der Waals surface area contributed by atoms with Gasteiger partial charge in [0.05, 0.1) is 11.5 Å². The minimum atomic E-state index is -4.75. The normalized spacial score (nSPS) is 16.3. The van der Waals surface area contributed by atoms with E-state index in [2.05, 4.69) is 4.74 Å². The molecule has 12 nitrogen and oxygen atoms in total. The molecular weight excluding hydrogens is 380 g/mol. The standard InChI is InChI=1S/C13H16O12S/c14-4-8(16)9(17)10(18)11(12(19)20)25-13(21)6-3-5(26(22,23)24)1-2-7(6)15/h1-3,8-11,14-18H,4H2,(H,19,20)(H,22,23,24)/t8-,9-,10+,11-/m1/s1. The Labute approximate surface area is 146 Å². The third-order valence-electron chi connectivity index (χ3n) is 3.20. The molecule has 1 aromatic rings. The molecule has 0 radical (unpaired) electrons. The molecular formula is C13H16O12S. The molecule has 0 amide bonds. The molecule has 0 aliphatic carbocycles. The van der Waals surface area contributed by atoms with Crippen molar-refractivity contribution in [2.75, 3.05) is 6.61 Å². The minimum Gasteiger partial charge on any atom is -0.507 e.